The molecule has 1 fully saturated rings. The van der Waals surface area contributed by atoms with Crippen LogP contribution in [0.3, 0.4) is 0 Å². The van der Waals surface area contributed by atoms with Crippen molar-refractivity contribution >= 4 is 23.2 Å². The third kappa shape index (κ3) is 5.37. The maximum atomic E-state index is 13.1. The van der Waals surface area contributed by atoms with E-state index >= 15 is 0 Å². The normalized spacial score (nSPS) is 15.7. The summed E-state index contributed by atoms with van der Waals surface area (Å²) >= 11 is 0. The summed E-state index contributed by atoms with van der Waals surface area (Å²) < 4.78 is 13.1. The maximum Gasteiger partial charge on any atom is 0.282 e. The first kappa shape index (κ1) is 19.0. The van der Waals surface area contributed by atoms with Gasteiger partial charge in [-0.2, -0.15) is 0 Å². The van der Waals surface area contributed by atoms with Gasteiger partial charge >= 0.3 is 0 Å². The van der Waals surface area contributed by atoms with Crippen LogP contribution in [-0.2, 0) is 16.1 Å². The molecule has 1 saturated carbocycles. The number of carbonyl (C=O) groups is 2. The molecular weight excluding hydrogens is 345 g/mol. The van der Waals surface area contributed by atoms with Crippen LogP contribution in [-0.4, -0.2) is 23.9 Å². The van der Waals surface area contributed by atoms with Crippen molar-refractivity contribution in [1.29, 1.82) is 0 Å². The average molecular weight is 370 g/mol. The van der Waals surface area contributed by atoms with Crippen LogP contribution in [0.1, 0.15) is 32.3 Å². The number of quaternary nitrogens is 1. The lowest BCUT2D eigenvalue weighted by Gasteiger charge is -2.25. The fourth-order valence-electron chi connectivity index (χ4n) is 3.20. The molecule has 27 heavy (non-hydrogen) atoms. The van der Waals surface area contributed by atoms with Crippen molar-refractivity contribution in [3.8, 4) is 0 Å². The van der Waals surface area contributed by atoms with E-state index in [9.17, 15) is 14.0 Å². The smallest absolute Gasteiger partial charge is 0.282 e. The number of benzene rings is 2. The molecule has 2 atom stereocenters. The zero-order valence-electron chi connectivity index (χ0n) is 15.6. The fourth-order valence-corrected chi connectivity index (χ4v) is 3.20. The molecule has 3 N–H and O–H groups in total. The van der Waals surface area contributed by atoms with Crippen molar-refractivity contribution in [2.45, 2.75) is 45.3 Å². The third-order valence-corrected chi connectivity index (χ3v) is 4.85. The molecule has 142 valence electrons. The number of carbonyl (C=O) groups excluding carboxylic acids is 2. The molecule has 0 spiro atoms. The Hall–Kier alpha value is -2.73. The van der Waals surface area contributed by atoms with Crippen molar-refractivity contribution < 1.29 is 18.9 Å². The summed E-state index contributed by atoms with van der Waals surface area (Å²) in [7, 11) is 0. The van der Waals surface area contributed by atoms with Crippen LogP contribution in [0.5, 0.6) is 0 Å². The minimum atomic E-state index is -0.250. The van der Waals surface area contributed by atoms with Gasteiger partial charge in [0.2, 0.25) is 5.91 Å². The SMILES string of the molecule is CC(=O)Nc1ccc(NC(=O)[C@H](C)[NH+](Cc2ccc(F)cc2)C2CC2)cc1. The predicted molar refractivity (Wildman–Crippen MR) is 103 cm³/mol. The lowest BCUT2D eigenvalue weighted by molar-refractivity contribution is -0.938. The van der Waals surface area contributed by atoms with Crippen LogP contribution >= 0.6 is 0 Å². The summed E-state index contributed by atoms with van der Waals surface area (Å²) in [4.78, 5) is 25.0. The van der Waals surface area contributed by atoms with Gasteiger partial charge < -0.3 is 15.5 Å². The fraction of sp³-hybridized carbons (Fsp3) is 0.333. The topological polar surface area (TPSA) is 62.6 Å². The number of hydrogen-bond donors (Lipinski definition) is 3. The molecule has 1 aliphatic carbocycles. The van der Waals surface area contributed by atoms with Gasteiger partial charge in [0, 0.05) is 36.7 Å². The molecule has 5 nitrogen and oxygen atoms in total. The number of hydrogen-bond acceptors (Lipinski definition) is 2. The molecule has 2 amide bonds. The monoisotopic (exact) mass is 370 g/mol. The van der Waals surface area contributed by atoms with E-state index < -0.39 is 0 Å². The van der Waals surface area contributed by atoms with Crippen LogP contribution in [0, 0.1) is 5.82 Å². The molecule has 0 aliphatic heterocycles. The second kappa shape index (κ2) is 8.31. The average Bonchev–Trinajstić information content (AvgIpc) is 3.47. The molecule has 6 heteroatoms. The summed E-state index contributed by atoms with van der Waals surface area (Å²) in [5, 5.41) is 5.65. The van der Waals surface area contributed by atoms with Gasteiger partial charge in [0.25, 0.3) is 5.91 Å². The van der Waals surface area contributed by atoms with E-state index in [1.807, 2.05) is 6.92 Å². The van der Waals surface area contributed by atoms with Crippen LogP contribution < -0.4 is 15.5 Å². The Morgan fingerprint density at radius 3 is 2.11 bits per heavy atom. The summed E-state index contributed by atoms with van der Waals surface area (Å²) in [5.41, 5.74) is 2.41. The van der Waals surface area contributed by atoms with Gasteiger partial charge in [-0.3, -0.25) is 9.59 Å². The second-order valence-corrected chi connectivity index (χ2v) is 7.12. The Balaban J connectivity index is 1.63. The molecule has 0 saturated heterocycles. The molecule has 0 aromatic heterocycles. The number of amides is 2. The second-order valence-electron chi connectivity index (χ2n) is 7.12. The van der Waals surface area contributed by atoms with Gasteiger partial charge in [0.1, 0.15) is 12.4 Å². The van der Waals surface area contributed by atoms with E-state index in [1.54, 1.807) is 36.4 Å². The summed E-state index contributed by atoms with van der Waals surface area (Å²) in [6, 6.07) is 13.8. The highest BCUT2D eigenvalue weighted by Crippen LogP contribution is 2.18. The van der Waals surface area contributed by atoms with Crippen molar-refractivity contribution in [3.63, 3.8) is 0 Å². The van der Waals surface area contributed by atoms with E-state index in [-0.39, 0.29) is 23.7 Å². The van der Waals surface area contributed by atoms with Crippen molar-refractivity contribution in [1.82, 2.24) is 0 Å². The molecule has 0 radical (unpaired) electrons. The molecule has 1 aliphatic rings. The molecule has 0 bridgehead atoms. The van der Waals surface area contributed by atoms with Gasteiger partial charge in [-0.1, -0.05) is 12.1 Å². The first-order valence-corrected chi connectivity index (χ1v) is 9.21. The number of anilines is 2. The molecule has 1 unspecified atom stereocenters. The van der Waals surface area contributed by atoms with E-state index in [0.717, 1.165) is 18.4 Å². The minimum absolute atomic E-state index is 0.0497. The van der Waals surface area contributed by atoms with Crippen molar-refractivity contribution in [2.75, 3.05) is 10.6 Å². The maximum absolute atomic E-state index is 13.1. The quantitative estimate of drug-likeness (QED) is 0.701. The number of halogens is 1. The molecule has 0 heterocycles. The third-order valence-electron chi connectivity index (χ3n) is 4.85. The molecular formula is C21H25FN3O2+. The molecule has 2 aromatic carbocycles. The molecule has 2 aromatic rings. The summed E-state index contributed by atoms with van der Waals surface area (Å²) in [5.74, 6) is -0.434. The van der Waals surface area contributed by atoms with Gasteiger partial charge in [-0.05, 0) is 43.3 Å². The minimum Gasteiger partial charge on any atom is -0.326 e. The van der Waals surface area contributed by atoms with Crippen LogP contribution in [0.25, 0.3) is 0 Å². The zero-order chi connectivity index (χ0) is 19.4. The summed E-state index contributed by atoms with van der Waals surface area (Å²) in [6.45, 7) is 4.08. The van der Waals surface area contributed by atoms with E-state index in [2.05, 4.69) is 10.6 Å². The Bertz CT molecular complexity index is 801. The molecule has 3 rings (SSSR count). The lowest BCUT2D eigenvalue weighted by Crippen LogP contribution is -3.16. The van der Waals surface area contributed by atoms with E-state index in [0.29, 0.717) is 24.0 Å². The van der Waals surface area contributed by atoms with Crippen LogP contribution in [0.2, 0.25) is 0 Å². The lowest BCUT2D eigenvalue weighted by atomic mass is 10.1. The largest absolute Gasteiger partial charge is 0.326 e. The first-order chi connectivity index (χ1) is 12.9. The Labute approximate surface area is 158 Å². The van der Waals surface area contributed by atoms with Gasteiger partial charge in [-0.15, -0.1) is 0 Å². The Kier molecular flexibility index (Phi) is 5.86. The van der Waals surface area contributed by atoms with Crippen LogP contribution in [0.15, 0.2) is 48.5 Å². The Morgan fingerprint density at radius 2 is 1.59 bits per heavy atom. The van der Waals surface area contributed by atoms with Gasteiger partial charge in [0.05, 0.1) is 6.04 Å². The standard InChI is InChI=1S/C21H24FN3O2/c1-14(21(27)24-19-9-7-18(8-10-19)23-15(2)26)25(20-11-12-20)13-16-3-5-17(22)6-4-16/h3-10,14,20H,11-13H2,1-2H3,(H,23,26)(H,24,27)/p+1/t14-/m0/s1. The highest BCUT2D eigenvalue weighted by atomic mass is 19.1. The number of nitrogens with one attached hydrogen (secondary N) is 3. The van der Waals surface area contributed by atoms with E-state index in [1.165, 1.54) is 24.0 Å². The van der Waals surface area contributed by atoms with Gasteiger partial charge in [0.15, 0.2) is 6.04 Å². The highest BCUT2D eigenvalue weighted by Gasteiger charge is 2.39. The summed E-state index contributed by atoms with van der Waals surface area (Å²) in [6.07, 6.45) is 2.22. The van der Waals surface area contributed by atoms with Crippen molar-refractivity contribution in [3.05, 3.63) is 59.9 Å². The Morgan fingerprint density at radius 1 is 1.04 bits per heavy atom. The van der Waals surface area contributed by atoms with Crippen LogP contribution in [0.4, 0.5) is 15.8 Å². The van der Waals surface area contributed by atoms with Crippen molar-refractivity contribution in [2.24, 2.45) is 0 Å². The van der Waals surface area contributed by atoms with Gasteiger partial charge in [-0.25, -0.2) is 4.39 Å². The number of rotatable bonds is 7. The highest BCUT2D eigenvalue weighted by molar-refractivity contribution is 5.94. The zero-order valence-corrected chi connectivity index (χ0v) is 15.6. The van der Waals surface area contributed by atoms with E-state index in [4.69, 9.17) is 0 Å². The first-order valence-electron chi connectivity index (χ1n) is 9.21. The predicted octanol–water partition coefficient (Wildman–Crippen LogP) is 2.36.